The van der Waals surface area contributed by atoms with Gasteiger partial charge in [-0.2, -0.15) is 0 Å². The van der Waals surface area contributed by atoms with Gasteiger partial charge >= 0.3 is 0 Å². The molecule has 2 saturated carbocycles. The van der Waals surface area contributed by atoms with Crippen LogP contribution in [-0.2, 0) is 29.6 Å². The molecular formula is C22H33N3O7S2. The second-order valence-electron chi connectivity index (χ2n) is 10.2. The summed E-state index contributed by atoms with van der Waals surface area (Å²) < 4.78 is 56.5. The number of benzene rings is 1. The Labute approximate surface area is 201 Å². The van der Waals surface area contributed by atoms with Gasteiger partial charge in [0.2, 0.25) is 20.0 Å². The van der Waals surface area contributed by atoms with Crippen LogP contribution >= 0.6 is 0 Å². The summed E-state index contributed by atoms with van der Waals surface area (Å²) >= 11 is 0. The molecule has 3 rings (SSSR count). The van der Waals surface area contributed by atoms with Crippen molar-refractivity contribution < 1.29 is 31.6 Å². The predicted octanol–water partition coefficient (Wildman–Crippen LogP) is 1.08. The van der Waals surface area contributed by atoms with Crippen molar-refractivity contribution in [2.45, 2.75) is 64.8 Å². The molecule has 4 N–H and O–H groups in total. The lowest BCUT2D eigenvalue weighted by Crippen LogP contribution is -2.54. The van der Waals surface area contributed by atoms with E-state index in [0.717, 1.165) is 12.0 Å². The van der Waals surface area contributed by atoms with Crippen LogP contribution in [0.4, 0.5) is 0 Å². The molecule has 34 heavy (non-hydrogen) atoms. The van der Waals surface area contributed by atoms with Crippen molar-refractivity contribution in [3.8, 4) is 0 Å². The maximum atomic E-state index is 13.1. The van der Waals surface area contributed by atoms with E-state index in [1.54, 1.807) is 26.0 Å². The molecular weight excluding hydrogens is 482 g/mol. The van der Waals surface area contributed by atoms with E-state index in [0.29, 0.717) is 24.0 Å². The average molecular weight is 516 g/mol. The van der Waals surface area contributed by atoms with Crippen molar-refractivity contribution in [1.29, 1.82) is 0 Å². The smallest absolute Gasteiger partial charge is 0.262 e. The molecule has 2 fully saturated rings. The van der Waals surface area contributed by atoms with Crippen LogP contribution in [0, 0.1) is 37.5 Å². The standard InChI is InChI=1S/C22H33N3O7S2/c1-13-8-14(2)19(15(3)9-13)34(31,32)23-11-17(20(27)24-28)25-33(29,30)12-22-7-6-16(10-18(22)26)21(22,4)5/h8-9,16-17,23,25,28H,6-7,10-12H2,1-5H3,(H,24,27). The Morgan fingerprint density at radius 2 is 1.74 bits per heavy atom. The molecule has 1 aromatic rings. The van der Waals surface area contributed by atoms with Crippen molar-refractivity contribution in [2.75, 3.05) is 12.3 Å². The highest BCUT2D eigenvalue weighted by Gasteiger charge is 2.65. The second kappa shape index (κ2) is 8.98. The number of hydroxylamine groups is 1. The highest BCUT2D eigenvalue weighted by atomic mass is 32.2. The molecule has 0 radical (unpaired) electrons. The Hall–Kier alpha value is -1.86. The summed E-state index contributed by atoms with van der Waals surface area (Å²) in [6, 6.07) is 1.79. The molecule has 1 amide bonds. The number of carbonyl (C=O) groups is 2. The Morgan fingerprint density at radius 1 is 1.15 bits per heavy atom. The number of fused-ring (bicyclic) bond motifs is 2. The zero-order valence-corrected chi connectivity index (χ0v) is 21.7. The fourth-order valence-corrected chi connectivity index (χ4v) is 9.34. The summed E-state index contributed by atoms with van der Waals surface area (Å²) in [7, 11) is -8.29. The second-order valence-corrected chi connectivity index (χ2v) is 13.6. The van der Waals surface area contributed by atoms with Crippen LogP contribution in [0.2, 0.25) is 0 Å². The quantitative estimate of drug-likeness (QED) is 0.283. The normalized spacial score (nSPS) is 24.9. The van der Waals surface area contributed by atoms with Gasteiger partial charge in [-0.15, -0.1) is 0 Å². The average Bonchev–Trinajstić information content (AvgIpc) is 3.03. The number of hydrogen-bond acceptors (Lipinski definition) is 7. The van der Waals surface area contributed by atoms with Crippen LogP contribution in [0.5, 0.6) is 0 Å². The van der Waals surface area contributed by atoms with Gasteiger partial charge in [0.05, 0.1) is 10.6 Å². The Kier molecular flexibility index (Phi) is 7.06. The number of Topliss-reactive ketones (excluding diaryl/α,β-unsaturated/α-hetero) is 1. The molecule has 0 aliphatic heterocycles. The fraction of sp³-hybridized carbons (Fsp3) is 0.636. The Bertz CT molecular complexity index is 1200. The SMILES string of the molecule is Cc1cc(C)c(S(=O)(=O)NCC(NS(=O)(=O)CC23CCC(CC2=O)C3(C)C)C(=O)NO)c(C)c1. The lowest BCUT2D eigenvalue weighted by molar-refractivity contribution is -0.130. The molecule has 2 aliphatic carbocycles. The first-order valence-electron chi connectivity index (χ1n) is 11.1. The molecule has 12 heteroatoms. The van der Waals surface area contributed by atoms with Gasteiger partial charge in [0.25, 0.3) is 5.91 Å². The zero-order chi connectivity index (χ0) is 25.7. The van der Waals surface area contributed by atoms with E-state index >= 15 is 0 Å². The highest BCUT2D eigenvalue weighted by molar-refractivity contribution is 7.90. The molecule has 10 nitrogen and oxygen atoms in total. The minimum atomic E-state index is -4.20. The van der Waals surface area contributed by atoms with Crippen LogP contribution in [-0.4, -0.2) is 52.1 Å². The summed E-state index contributed by atoms with van der Waals surface area (Å²) in [5, 5.41) is 9.11. The molecule has 0 heterocycles. The van der Waals surface area contributed by atoms with E-state index in [1.165, 1.54) is 5.48 Å². The third kappa shape index (κ3) is 4.66. The van der Waals surface area contributed by atoms with E-state index in [-0.39, 0.29) is 16.6 Å². The number of sulfonamides is 2. The first kappa shape index (κ1) is 26.7. The van der Waals surface area contributed by atoms with Crippen LogP contribution in [0.3, 0.4) is 0 Å². The zero-order valence-electron chi connectivity index (χ0n) is 20.1. The van der Waals surface area contributed by atoms with Crippen LogP contribution in [0.1, 0.15) is 49.8 Å². The van der Waals surface area contributed by atoms with Gasteiger partial charge < -0.3 is 0 Å². The van der Waals surface area contributed by atoms with Crippen LogP contribution in [0.25, 0.3) is 0 Å². The third-order valence-corrected chi connectivity index (χ3v) is 10.9. The molecule has 2 bridgehead atoms. The number of ketones is 1. The summed E-state index contributed by atoms with van der Waals surface area (Å²) in [4.78, 5) is 25.0. The van der Waals surface area contributed by atoms with Crippen molar-refractivity contribution in [1.82, 2.24) is 14.9 Å². The number of amides is 1. The molecule has 3 atom stereocenters. The van der Waals surface area contributed by atoms with Crippen molar-refractivity contribution in [3.63, 3.8) is 0 Å². The number of rotatable bonds is 9. The molecule has 0 saturated heterocycles. The van der Waals surface area contributed by atoms with Gasteiger partial charge in [-0.25, -0.2) is 31.8 Å². The summed E-state index contributed by atoms with van der Waals surface area (Å²) in [5.74, 6) is -1.62. The summed E-state index contributed by atoms with van der Waals surface area (Å²) in [6.07, 6.45) is 1.53. The lowest BCUT2D eigenvalue weighted by atomic mass is 9.70. The van der Waals surface area contributed by atoms with Crippen LogP contribution in [0.15, 0.2) is 17.0 Å². The number of nitrogens with one attached hydrogen (secondary N) is 3. The van der Waals surface area contributed by atoms with Gasteiger partial charge in [-0.05, 0) is 56.1 Å². The van der Waals surface area contributed by atoms with E-state index in [2.05, 4.69) is 9.44 Å². The van der Waals surface area contributed by atoms with E-state index < -0.39 is 55.1 Å². The maximum absolute atomic E-state index is 13.1. The largest absolute Gasteiger partial charge is 0.299 e. The molecule has 0 spiro atoms. The van der Waals surface area contributed by atoms with Crippen molar-refractivity contribution in [3.05, 3.63) is 28.8 Å². The molecule has 2 aliphatic rings. The minimum Gasteiger partial charge on any atom is -0.299 e. The Morgan fingerprint density at radius 3 is 2.21 bits per heavy atom. The minimum absolute atomic E-state index is 0.0401. The fourth-order valence-electron chi connectivity index (χ4n) is 5.81. The number of carbonyl (C=O) groups excluding carboxylic acids is 2. The molecule has 1 aromatic carbocycles. The van der Waals surface area contributed by atoms with Crippen molar-refractivity contribution in [2.24, 2.45) is 16.7 Å². The van der Waals surface area contributed by atoms with Gasteiger partial charge in [-0.1, -0.05) is 31.5 Å². The Balaban J connectivity index is 1.81. The number of aryl methyl sites for hydroxylation is 3. The first-order chi connectivity index (χ1) is 15.6. The third-order valence-electron chi connectivity index (χ3n) is 7.67. The van der Waals surface area contributed by atoms with Gasteiger partial charge in [-0.3, -0.25) is 14.8 Å². The van der Waals surface area contributed by atoms with Gasteiger partial charge in [0.1, 0.15) is 11.8 Å². The molecule has 190 valence electrons. The highest BCUT2D eigenvalue weighted by Crippen LogP contribution is 2.64. The number of hydrogen-bond donors (Lipinski definition) is 4. The molecule has 0 aromatic heterocycles. The molecule has 3 unspecified atom stereocenters. The maximum Gasteiger partial charge on any atom is 0.262 e. The monoisotopic (exact) mass is 515 g/mol. The summed E-state index contributed by atoms with van der Waals surface area (Å²) in [6.45, 7) is 8.27. The van der Waals surface area contributed by atoms with Crippen molar-refractivity contribution >= 4 is 31.7 Å². The van der Waals surface area contributed by atoms with E-state index in [1.807, 2.05) is 20.8 Å². The lowest BCUT2D eigenvalue weighted by Gasteiger charge is -2.36. The van der Waals surface area contributed by atoms with Gasteiger partial charge in [0, 0.05) is 18.4 Å². The van der Waals surface area contributed by atoms with Gasteiger partial charge in [0.15, 0.2) is 0 Å². The first-order valence-corrected chi connectivity index (χ1v) is 14.2. The predicted molar refractivity (Wildman–Crippen MR) is 125 cm³/mol. The topological polar surface area (TPSA) is 159 Å². The summed E-state index contributed by atoms with van der Waals surface area (Å²) in [5.41, 5.74) is 1.71. The van der Waals surface area contributed by atoms with E-state index in [9.17, 15) is 26.4 Å². The van der Waals surface area contributed by atoms with Crippen LogP contribution < -0.4 is 14.9 Å². The van der Waals surface area contributed by atoms with E-state index in [4.69, 9.17) is 5.21 Å².